The van der Waals surface area contributed by atoms with Crippen LogP contribution in [0.5, 0.6) is 0 Å². The Balaban J connectivity index is 2.02. The topological polar surface area (TPSA) is 92.5 Å². The molecule has 0 spiro atoms. The number of amides is 1. The van der Waals surface area contributed by atoms with Gasteiger partial charge in [-0.25, -0.2) is 12.8 Å². The molecule has 9 heteroatoms. The molecule has 0 saturated carbocycles. The molecule has 0 bridgehead atoms. The largest absolute Gasteiger partial charge is 0.437 e. The first-order chi connectivity index (χ1) is 13.7. The summed E-state index contributed by atoms with van der Waals surface area (Å²) in [7, 11) is -1.99. The Morgan fingerprint density at radius 3 is 2.62 bits per heavy atom. The van der Waals surface area contributed by atoms with E-state index in [0.29, 0.717) is 29.7 Å². The molecule has 0 saturated heterocycles. The van der Waals surface area contributed by atoms with Gasteiger partial charge >= 0.3 is 0 Å². The van der Waals surface area contributed by atoms with Crippen molar-refractivity contribution in [2.45, 2.75) is 19.3 Å². The number of benzene rings is 1. The van der Waals surface area contributed by atoms with Crippen LogP contribution in [-0.2, 0) is 10.0 Å². The number of nitrogens with one attached hydrogen (secondary N) is 1. The summed E-state index contributed by atoms with van der Waals surface area (Å²) in [5, 5.41) is 3.09. The molecule has 1 amide bonds. The molecule has 0 aliphatic carbocycles. The molecule has 0 radical (unpaired) electrons. The van der Waals surface area contributed by atoms with Gasteiger partial charge in [-0.05, 0) is 48.2 Å². The van der Waals surface area contributed by atoms with Crippen LogP contribution < -0.4 is 9.62 Å². The second-order valence-electron chi connectivity index (χ2n) is 7.17. The zero-order chi connectivity index (χ0) is 20.9. The van der Waals surface area contributed by atoms with Crippen LogP contribution in [0.1, 0.15) is 35.2 Å². The fourth-order valence-corrected chi connectivity index (χ4v) is 4.54. The van der Waals surface area contributed by atoms with Crippen LogP contribution in [0.15, 0.2) is 34.7 Å². The van der Waals surface area contributed by atoms with E-state index in [9.17, 15) is 17.6 Å². The zero-order valence-corrected chi connectivity index (χ0v) is 17.0. The van der Waals surface area contributed by atoms with Gasteiger partial charge in [-0.3, -0.25) is 9.10 Å². The molecule has 1 unspecified atom stereocenters. The third kappa shape index (κ3) is 3.25. The zero-order valence-electron chi connectivity index (χ0n) is 16.2. The number of hydrogen-bond donors (Lipinski definition) is 1. The average Bonchev–Trinajstić information content (AvgIpc) is 3.04. The third-order valence-corrected chi connectivity index (χ3v) is 6.34. The Bertz CT molecular complexity index is 1220. The summed E-state index contributed by atoms with van der Waals surface area (Å²) in [6, 6.07) is 7.38. The van der Waals surface area contributed by atoms with Gasteiger partial charge < -0.3 is 9.73 Å². The standard InChI is InChI=1S/C20H20FN3O4S/c1-11-8-9-24(29(3,26)27)18-14(11)10-15-16(19(25)22-2)17(28-20(15)23-18)12-4-6-13(21)7-5-12/h4-7,10-11H,8-9H2,1-3H3,(H,22,25). The number of hydrogen-bond acceptors (Lipinski definition) is 5. The number of halogens is 1. The fourth-order valence-electron chi connectivity index (χ4n) is 3.64. The van der Waals surface area contributed by atoms with Crippen LogP contribution >= 0.6 is 0 Å². The quantitative estimate of drug-likeness (QED) is 0.706. The number of carbonyl (C=O) groups excluding carboxylic acids is 1. The van der Waals surface area contributed by atoms with Crippen LogP contribution in [0.4, 0.5) is 10.2 Å². The number of aromatic nitrogens is 1. The molecule has 0 fully saturated rings. The lowest BCUT2D eigenvalue weighted by Crippen LogP contribution is -2.36. The van der Waals surface area contributed by atoms with Crippen LogP contribution in [0.2, 0.25) is 0 Å². The number of anilines is 1. The summed E-state index contributed by atoms with van der Waals surface area (Å²) in [6.07, 6.45) is 1.78. The van der Waals surface area contributed by atoms with Gasteiger partial charge in [0.05, 0.1) is 17.2 Å². The van der Waals surface area contributed by atoms with E-state index in [0.717, 1.165) is 11.8 Å². The highest BCUT2D eigenvalue weighted by Gasteiger charge is 2.32. The number of carbonyl (C=O) groups is 1. The normalized spacial score (nSPS) is 16.7. The molecule has 3 aromatic rings. The maximum absolute atomic E-state index is 13.3. The highest BCUT2D eigenvalue weighted by Crippen LogP contribution is 2.40. The van der Waals surface area contributed by atoms with Gasteiger partial charge in [0.25, 0.3) is 5.91 Å². The summed E-state index contributed by atoms with van der Waals surface area (Å²) in [4.78, 5) is 17.1. The molecule has 152 valence electrons. The second-order valence-corrected chi connectivity index (χ2v) is 9.08. The number of nitrogens with zero attached hydrogens (tertiary/aromatic N) is 2. The first kappa shape index (κ1) is 19.4. The van der Waals surface area contributed by atoms with E-state index in [1.54, 1.807) is 6.07 Å². The minimum atomic E-state index is -3.50. The first-order valence-corrected chi connectivity index (χ1v) is 11.0. The predicted octanol–water partition coefficient (Wildman–Crippen LogP) is 3.27. The number of pyridine rings is 1. The third-order valence-electron chi connectivity index (χ3n) is 5.18. The van der Waals surface area contributed by atoms with Crippen LogP contribution in [0.3, 0.4) is 0 Å². The van der Waals surface area contributed by atoms with Crippen LogP contribution in [0, 0.1) is 5.82 Å². The summed E-state index contributed by atoms with van der Waals surface area (Å²) >= 11 is 0. The smallest absolute Gasteiger partial charge is 0.255 e. The molecular formula is C20H20FN3O4S. The summed E-state index contributed by atoms with van der Waals surface area (Å²) in [6.45, 7) is 2.33. The molecule has 1 aliphatic rings. The summed E-state index contributed by atoms with van der Waals surface area (Å²) in [5.74, 6) is -0.123. The molecule has 29 heavy (non-hydrogen) atoms. The first-order valence-electron chi connectivity index (χ1n) is 9.14. The second kappa shape index (κ2) is 6.84. The average molecular weight is 417 g/mol. The maximum Gasteiger partial charge on any atom is 0.255 e. The lowest BCUT2D eigenvalue weighted by atomic mass is 9.93. The van der Waals surface area contributed by atoms with E-state index in [1.807, 2.05) is 6.92 Å². The van der Waals surface area contributed by atoms with Crippen molar-refractivity contribution in [3.05, 3.63) is 47.3 Å². The predicted molar refractivity (Wildman–Crippen MR) is 108 cm³/mol. The maximum atomic E-state index is 13.3. The van der Waals surface area contributed by atoms with Crippen LogP contribution in [0.25, 0.3) is 22.4 Å². The van der Waals surface area contributed by atoms with Crippen molar-refractivity contribution in [1.29, 1.82) is 0 Å². The van der Waals surface area contributed by atoms with E-state index in [1.165, 1.54) is 35.6 Å². The molecule has 1 aliphatic heterocycles. The van der Waals surface area contributed by atoms with E-state index in [4.69, 9.17) is 4.42 Å². The Morgan fingerprint density at radius 1 is 1.31 bits per heavy atom. The Labute approximate surface area is 167 Å². The van der Waals surface area contributed by atoms with E-state index in [-0.39, 0.29) is 28.9 Å². The summed E-state index contributed by atoms with van der Waals surface area (Å²) in [5.41, 5.74) is 1.71. The number of furan rings is 1. The fraction of sp³-hybridized carbons (Fsp3) is 0.300. The van der Waals surface area contributed by atoms with E-state index >= 15 is 0 Å². The molecule has 3 heterocycles. The SMILES string of the molecule is CNC(=O)c1c(-c2ccc(F)cc2)oc2nc3c(cc12)C(C)CCN3S(C)(=O)=O. The highest BCUT2D eigenvalue weighted by atomic mass is 32.2. The lowest BCUT2D eigenvalue weighted by molar-refractivity contribution is 0.0964. The van der Waals surface area contributed by atoms with Gasteiger partial charge in [0.2, 0.25) is 15.7 Å². The minimum Gasteiger partial charge on any atom is -0.437 e. The molecular weight excluding hydrogens is 397 g/mol. The van der Waals surface area contributed by atoms with Crippen molar-refractivity contribution < 1.29 is 22.0 Å². The Kier molecular flexibility index (Phi) is 4.57. The number of fused-ring (bicyclic) bond motifs is 2. The Morgan fingerprint density at radius 2 is 2.00 bits per heavy atom. The van der Waals surface area contributed by atoms with Crippen molar-refractivity contribution in [2.24, 2.45) is 0 Å². The van der Waals surface area contributed by atoms with E-state index in [2.05, 4.69) is 10.3 Å². The van der Waals surface area contributed by atoms with Crippen molar-refractivity contribution in [3.63, 3.8) is 0 Å². The van der Waals surface area contributed by atoms with Crippen LogP contribution in [-0.4, -0.2) is 39.2 Å². The van der Waals surface area contributed by atoms with E-state index < -0.39 is 15.8 Å². The number of sulfonamides is 1. The molecule has 2 aromatic heterocycles. The van der Waals surface area contributed by atoms with Gasteiger partial charge in [-0.2, -0.15) is 4.98 Å². The van der Waals surface area contributed by atoms with Gasteiger partial charge in [0, 0.05) is 19.2 Å². The van der Waals surface area contributed by atoms with Gasteiger partial charge in [0.1, 0.15) is 17.4 Å². The van der Waals surface area contributed by atoms with Crippen molar-refractivity contribution >= 4 is 32.8 Å². The Hall–Kier alpha value is -2.94. The molecule has 1 atom stereocenters. The van der Waals surface area contributed by atoms with Crippen molar-refractivity contribution in [3.8, 4) is 11.3 Å². The lowest BCUT2D eigenvalue weighted by Gasteiger charge is -2.31. The van der Waals surface area contributed by atoms with Gasteiger partial charge in [-0.1, -0.05) is 6.92 Å². The van der Waals surface area contributed by atoms with Crippen molar-refractivity contribution in [2.75, 3.05) is 24.2 Å². The molecule has 1 N–H and O–H groups in total. The monoisotopic (exact) mass is 417 g/mol. The van der Waals surface area contributed by atoms with Gasteiger partial charge in [0.15, 0.2) is 0 Å². The van der Waals surface area contributed by atoms with Crippen molar-refractivity contribution in [1.82, 2.24) is 10.3 Å². The van der Waals surface area contributed by atoms with Gasteiger partial charge in [-0.15, -0.1) is 0 Å². The molecule has 1 aromatic carbocycles. The molecule has 4 rings (SSSR count). The number of rotatable bonds is 3. The minimum absolute atomic E-state index is 0.0709. The highest BCUT2D eigenvalue weighted by molar-refractivity contribution is 7.92. The summed E-state index contributed by atoms with van der Waals surface area (Å²) < 4.78 is 45.0. The molecule has 7 nitrogen and oxygen atoms in total.